The summed E-state index contributed by atoms with van der Waals surface area (Å²) in [5.41, 5.74) is -3.05. The van der Waals surface area contributed by atoms with Gasteiger partial charge in [0.1, 0.15) is 11.5 Å². The Morgan fingerprint density at radius 2 is 1.84 bits per heavy atom. The van der Waals surface area contributed by atoms with Gasteiger partial charge in [-0.1, -0.05) is 12.1 Å². The van der Waals surface area contributed by atoms with Crippen molar-refractivity contribution in [2.75, 3.05) is 5.75 Å². The standard InChI is InChI=1S/C10H10BrF3O4S/c1-9(10(12,13)14,6-19(15,16)17)18-8-5-3-2-4-7(8)11/h2-5H,6H2,1H3,(H,15,16,17). The Balaban J connectivity index is 3.17. The molecule has 19 heavy (non-hydrogen) atoms. The molecule has 0 aromatic heterocycles. The number of rotatable bonds is 4. The number of para-hydroxylation sites is 1. The molecule has 0 saturated heterocycles. The van der Waals surface area contributed by atoms with Crippen LogP contribution in [0.1, 0.15) is 6.92 Å². The van der Waals surface area contributed by atoms with Crippen LogP contribution in [-0.4, -0.2) is 30.5 Å². The molecule has 0 fully saturated rings. The number of hydrogen-bond acceptors (Lipinski definition) is 3. The first-order valence-corrected chi connectivity index (χ1v) is 7.30. The highest BCUT2D eigenvalue weighted by atomic mass is 79.9. The van der Waals surface area contributed by atoms with Gasteiger partial charge in [0.25, 0.3) is 10.1 Å². The lowest BCUT2D eigenvalue weighted by atomic mass is 10.1. The van der Waals surface area contributed by atoms with Crippen molar-refractivity contribution < 1.29 is 30.9 Å². The van der Waals surface area contributed by atoms with Gasteiger partial charge < -0.3 is 4.74 Å². The second kappa shape index (κ2) is 5.29. The van der Waals surface area contributed by atoms with E-state index in [2.05, 4.69) is 15.9 Å². The molecular formula is C10H10BrF3O4S. The fourth-order valence-corrected chi connectivity index (χ4v) is 2.57. The summed E-state index contributed by atoms with van der Waals surface area (Å²) in [7, 11) is -4.86. The Morgan fingerprint density at radius 1 is 1.32 bits per heavy atom. The predicted molar refractivity (Wildman–Crippen MR) is 65.6 cm³/mol. The largest absolute Gasteiger partial charge is 0.476 e. The highest BCUT2D eigenvalue weighted by molar-refractivity contribution is 9.10. The van der Waals surface area contributed by atoms with E-state index in [4.69, 9.17) is 9.29 Å². The van der Waals surface area contributed by atoms with Crippen molar-refractivity contribution in [2.24, 2.45) is 0 Å². The fourth-order valence-electron chi connectivity index (χ4n) is 1.29. The van der Waals surface area contributed by atoms with E-state index in [1.165, 1.54) is 18.2 Å². The summed E-state index contributed by atoms with van der Waals surface area (Å²) in [5.74, 6) is -1.77. The molecule has 1 aromatic rings. The van der Waals surface area contributed by atoms with Crippen molar-refractivity contribution in [3.05, 3.63) is 28.7 Å². The minimum atomic E-state index is -4.97. The van der Waals surface area contributed by atoms with E-state index >= 15 is 0 Å². The van der Waals surface area contributed by atoms with E-state index in [1.54, 1.807) is 6.07 Å². The van der Waals surface area contributed by atoms with Crippen LogP contribution in [0.5, 0.6) is 5.75 Å². The Morgan fingerprint density at radius 3 is 2.26 bits per heavy atom. The average molecular weight is 363 g/mol. The zero-order valence-corrected chi connectivity index (χ0v) is 12.0. The van der Waals surface area contributed by atoms with Crippen LogP contribution >= 0.6 is 15.9 Å². The van der Waals surface area contributed by atoms with Crippen molar-refractivity contribution >= 4 is 26.0 Å². The number of ether oxygens (including phenoxy) is 1. The predicted octanol–water partition coefficient (Wildman–Crippen LogP) is 3.04. The lowest BCUT2D eigenvalue weighted by Crippen LogP contribution is -2.52. The minimum Gasteiger partial charge on any atom is -0.476 e. The third-order valence-electron chi connectivity index (χ3n) is 2.23. The maximum Gasteiger partial charge on any atom is 0.429 e. The second-order valence-corrected chi connectivity index (χ2v) is 6.29. The Labute approximate surface area is 116 Å². The van der Waals surface area contributed by atoms with Crippen molar-refractivity contribution in [1.82, 2.24) is 0 Å². The van der Waals surface area contributed by atoms with Crippen molar-refractivity contribution in [1.29, 1.82) is 0 Å². The van der Waals surface area contributed by atoms with E-state index in [-0.39, 0.29) is 10.2 Å². The Hall–Kier alpha value is -0.800. The van der Waals surface area contributed by atoms with Crippen LogP contribution in [0, 0.1) is 0 Å². The number of halogens is 4. The molecule has 0 heterocycles. The molecule has 1 rings (SSSR count). The third kappa shape index (κ3) is 4.36. The van der Waals surface area contributed by atoms with Gasteiger partial charge in [-0.15, -0.1) is 0 Å². The minimum absolute atomic E-state index is 0.175. The molecule has 0 aliphatic rings. The molecule has 0 aliphatic carbocycles. The number of alkyl halides is 3. The van der Waals surface area contributed by atoms with Gasteiger partial charge in [0.05, 0.1) is 4.47 Å². The smallest absolute Gasteiger partial charge is 0.429 e. The van der Waals surface area contributed by atoms with Gasteiger partial charge in [-0.05, 0) is 35.0 Å². The maximum atomic E-state index is 12.9. The van der Waals surface area contributed by atoms with E-state index in [1.807, 2.05) is 0 Å². The molecule has 9 heteroatoms. The van der Waals surface area contributed by atoms with Gasteiger partial charge >= 0.3 is 6.18 Å². The molecule has 1 atom stereocenters. The zero-order valence-electron chi connectivity index (χ0n) is 9.61. The summed E-state index contributed by atoms with van der Waals surface area (Å²) in [6.07, 6.45) is -4.97. The van der Waals surface area contributed by atoms with E-state index < -0.39 is 27.6 Å². The molecule has 0 saturated carbocycles. The topological polar surface area (TPSA) is 63.6 Å². The molecule has 4 nitrogen and oxygen atoms in total. The van der Waals surface area contributed by atoms with E-state index in [0.717, 1.165) is 0 Å². The first-order chi connectivity index (χ1) is 8.45. The molecule has 0 amide bonds. The summed E-state index contributed by atoms with van der Waals surface area (Å²) in [4.78, 5) is 0. The van der Waals surface area contributed by atoms with Crippen molar-refractivity contribution in [3.8, 4) is 5.75 Å². The van der Waals surface area contributed by atoms with Crippen LogP contribution in [0.4, 0.5) is 13.2 Å². The van der Waals surface area contributed by atoms with Crippen LogP contribution in [0.3, 0.4) is 0 Å². The van der Waals surface area contributed by atoms with E-state index in [0.29, 0.717) is 6.92 Å². The molecule has 1 N–H and O–H groups in total. The third-order valence-corrected chi connectivity index (χ3v) is 3.80. The van der Waals surface area contributed by atoms with Gasteiger partial charge in [-0.2, -0.15) is 21.6 Å². The summed E-state index contributed by atoms with van der Waals surface area (Å²) in [6.45, 7) is 0.556. The Kier molecular flexibility index (Phi) is 4.53. The lowest BCUT2D eigenvalue weighted by molar-refractivity contribution is -0.233. The number of benzene rings is 1. The fraction of sp³-hybridized carbons (Fsp3) is 0.400. The van der Waals surface area contributed by atoms with Gasteiger partial charge in [-0.3, -0.25) is 4.55 Å². The molecule has 0 radical (unpaired) electrons. The molecule has 0 spiro atoms. The molecule has 108 valence electrons. The zero-order chi connectivity index (χ0) is 14.9. The number of hydrogen-bond donors (Lipinski definition) is 1. The van der Waals surface area contributed by atoms with Crippen LogP contribution in [0.15, 0.2) is 28.7 Å². The van der Waals surface area contributed by atoms with Crippen LogP contribution in [0.2, 0.25) is 0 Å². The monoisotopic (exact) mass is 362 g/mol. The van der Waals surface area contributed by atoms with Gasteiger partial charge in [-0.25, -0.2) is 0 Å². The first kappa shape index (κ1) is 16.3. The highest BCUT2D eigenvalue weighted by Crippen LogP contribution is 2.37. The van der Waals surface area contributed by atoms with Crippen LogP contribution < -0.4 is 4.74 Å². The Bertz CT molecular complexity index is 558. The maximum absolute atomic E-state index is 12.9. The molecule has 0 bridgehead atoms. The lowest BCUT2D eigenvalue weighted by Gasteiger charge is -2.31. The quantitative estimate of drug-likeness (QED) is 0.836. The highest BCUT2D eigenvalue weighted by Gasteiger charge is 2.56. The molecule has 0 aliphatic heterocycles. The summed E-state index contributed by atoms with van der Waals surface area (Å²) in [6, 6.07) is 5.69. The van der Waals surface area contributed by atoms with Crippen molar-refractivity contribution in [2.45, 2.75) is 18.7 Å². The molecular weight excluding hydrogens is 353 g/mol. The summed E-state index contributed by atoms with van der Waals surface area (Å²) >= 11 is 2.99. The second-order valence-electron chi connectivity index (χ2n) is 3.99. The normalized spacial score (nSPS) is 15.9. The van der Waals surface area contributed by atoms with E-state index in [9.17, 15) is 21.6 Å². The first-order valence-electron chi connectivity index (χ1n) is 4.90. The summed E-state index contributed by atoms with van der Waals surface area (Å²) < 4.78 is 73.9. The molecule has 1 unspecified atom stereocenters. The van der Waals surface area contributed by atoms with Crippen LogP contribution in [-0.2, 0) is 10.1 Å². The van der Waals surface area contributed by atoms with Gasteiger partial charge in [0, 0.05) is 0 Å². The van der Waals surface area contributed by atoms with Crippen LogP contribution in [0.25, 0.3) is 0 Å². The summed E-state index contributed by atoms with van der Waals surface area (Å²) in [5, 5.41) is 0. The SMILES string of the molecule is CC(CS(=O)(=O)O)(Oc1ccccc1Br)C(F)(F)F. The van der Waals surface area contributed by atoms with Crippen molar-refractivity contribution in [3.63, 3.8) is 0 Å². The molecule has 1 aromatic carbocycles. The van der Waals surface area contributed by atoms with Gasteiger partial charge in [0.15, 0.2) is 0 Å². The van der Waals surface area contributed by atoms with Gasteiger partial charge in [0.2, 0.25) is 5.60 Å². The average Bonchev–Trinajstić information content (AvgIpc) is 2.17.